The van der Waals surface area contributed by atoms with Crippen molar-refractivity contribution in [2.24, 2.45) is 0 Å². The molecule has 94 valence electrons. The molecule has 0 amide bonds. The van der Waals surface area contributed by atoms with Crippen LogP contribution in [0.25, 0.3) is 0 Å². The Morgan fingerprint density at radius 1 is 1.47 bits per heavy atom. The largest absolute Gasteiger partial charge is 0.475 e. The van der Waals surface area contributed by atoms with E-state index in [1.54, 1.807) is 0 Å². The van der Waals surface area contributed by atoms with Gasteiger partial charge >= 0.3 is 5.97 Å². The zero-order valence-electron chi connectivity index (χ0n) is 8.75. The summed E-state index contributed by atoms with van der Waals surface area (Å²) in [5, 5.41) is 8.22. The number of carbonyl (C=O) groups is 1. The number of ether oxygens (including phenoxy) is 1. The molecule has 7 nitrogen and oxygen atoms in total. The van der Waals surface area contributed by atoms with Crippen molar-refractivity contribution in [2.45, 2.75) is 17.6 Å². The second kappa shape index (κ2) is 4.47. The molecule has 0 spiro atoms. The molecule has 1 atom stereocenters. The summed E-state index contributed by atoms with van der Waals surface area (Å²) in [6.45, 7) is 0.817. The smallest absolute Gasteiger partial charge is 0.371 e. The standard InChI is InChI=1S/C9H11NO6S/c11-9(12)7-1-2-8(16-7)17(13,14)10-6-3-4-15-5-6/h1-2,6,10H,3-5H2,(H,11,12). The normalized spacial score (nSPS) is 20.6. The second-order valence-electron chi connectivity index (χ2n) is 3.61. The molecule has 17 heavy (non-hydrogen) atoms. The van der Waals surface area contributed by atoms with E-state index in [2.05, 4.69) is 4.72 Å². The lowest BCUT2D eigenvalue weighted by Gasteiger charge is -2.08. The van der Waals surface area contributed by atoms with Gasteiger partial charge in [0.15, 0.2) is 0 Å². The van der Waals surface area contributed by atoms with Crippen molar-refractivity contribution in [1.82, 2.24) is 4.72 Å². The lowest BCUT2D eigenvalue weighted by atomic mass is 10.3. The monoisotopic (exact) mass is 261 g/mol. The van der Waals surface area contributed by atoms with Gasteiger partial charge in [0.2, 0.25) is 10.9 Å². The molecule has 1 aliphatic heterocycles. The minimum absolute atomic E-state index is 0.293. The highest BCUT2D eigenvalue weighted by molar-refractivity contribution is 7.89. The van der Waals surface area contributed by atoms with Crippen LogP contribution in [0.2, 0.25) is 0 Å². The van der Waals surface area contributed by atoms with E-state index >= 15 is 0 Å². The van der Waals surface area contributed by atoms with Crippen molar-refractivity contribution in [3.8, 4) is 0 Å². The molecule has 0 bridgehead atoms. The molecule has 2 rings (SSSR count). The van der Waals surface area contributed by atoms with Gasteiger partial charge in [-0.05, 0) is 18.6 Å². The predicted octanol–water partition coefficient (Wildman–Crippen LogP) is 0.0450. The molecule has 2 heterocycles. The molecule has 0 saturated carbocycles. The number of furan rings is 1. The summed E-state index contributed by atoms with van der Waals surface area (Å²) >= 11 is 0. The number of carboxylic acid groups (broad SMARTS) is 1. The SMILES string of the molecule is O=C(O)c1ccc(S(=O)(=O)NC2CCOC2)o1. The van der Waals surface area contributed by atoms with Gasteiger partial charge in [0.25, 0.3) is 10.0 Å². The van der Waals surface area contributed by atoms with Gasteiger partial charge in [0, 0.05) is 12.6 Å². The first-order chi connectivity index (χ1) is 7.99. The van der Waals surface area contributed by atoms with Gasteiger partial charge in [-0.15, -0.1) is 0 Å². The van der Waals surface area contributed by atoms with Crippen LogP contribution in [-0.2, 0) is 14.8 Å². The highest BCUT2D eigenvalue weighted by Crippen LogP contribution is 2.15. The van der Waals surface area contributed by atoms with Gasteiger partial charge in [-0.25, -0.2) is 17.9 Å². The van der Waals surface area contributed by atoms with Crippen molar-refractivity contribution in [1.29, 1.82) is 0 Å². The Hall–Kier alpha value is -1.38. The zero-order chi connectivity index (χ0) is 12.5. The summed E-state index contributed by atoms with van der Waals surface area (Å²) in [4.78, 5) is 10.6. The minimum Gasteiger partial charge on any atom is -0.475 e. The van der Waals surface area contributed by atoms with Gasteiger partial charge < -0.3 is 14.3 Å². The van der Waals surface area contributed by atoms with Crippen molar-refractivity contribution >= 4 is 16.0 Å². The molecule has 1 unspecified atom stereocenters. The molecular weight excluding hydrogens is 250 g/mol. The number of rotatable bonds is 4. The third kappa shape index (κ3) is 2.65. The molecule has 2 N–H and O–H groups in total. The van der Waals surface area contributed by atoms with Crippen LogP contribution in [0.15, 0.2) is 21.6 Å². The lowest BCUT2D eigenvalue weighted by Crippen LogP contribution is -2.34. The van der Waals surface area contributed by atoms with E-state index in [1.807, 2.05) is 0 Å². The summed E-state index contributed by atoms with van der Waals surface area (Å²) in [7, 11) is -3.82. The van der Waals surface area contributed by atoms with Gasteiger partial charge in [-0.1, -0.05) is 0 Å². The van der Waals surface area contributed by atoms with Crippen molar-refractivity contribution in [3.63, 3.8) is 0 Å². The molecule has 1 aromatic rings. The molecule has 1 saturated heterocycles. The highest BCUT2D eigenvalue weighted by atomic mass is 32.2. The number of nitrogens with one attached hydrogen (secondary N) is 1. The van der Waals surface area contributed by atoms with E-state index in [1.165, 1.54) is 0 Å². The van der Waals surface area contributed by atoms with E-state index in [-0.39, 0.29) is 6.04 Å². The molecule has 0 radical (unpaired) electrons. The average Bonchev–Trinajstić information content (AvgIpc) is 2.84. The van der Waals surface area contributed by atoms with Crippen LogP contribution in [0.5, 0.6) is 0 Å². The van der Waals surface area contributed by atoms with E-state index in [0.717, 1.165) is 12.1 Å². The highest BCUT2D eigenvalue weighted by Gasteiger charge is 2.26. The molecule has 0 aromatic carbocycles. The van der Waals surface area contributed by atoms with E-state index < -0.39 is 26.8 Å². The minimum atomic E-state index is -3.82. The maximum Gasteiger partial charge on any atom is 0.371 e. The Morgan fingerprint density at radius 2 is 2.24 bits per heavy atom. The van der Waals surface area contributed by atoms with Gasteiger partial charge in [0.1, 0.15) is 0 Å². The molecule has 8 heteroatoms. The molecule has 1 aliphatic rings. The summed E-state index contributed by atoms with van der Waals surface area (Å²) in [5.74, 6) is -1.72. The third-order valence-corrected chi connectivity index (χ3v) is 3.70. The van der Waals surface area contributed by atoms with Gasteiger partial charge in [-0.2, -0.15) is 0 Å². The van der Waals surface area contributed by atoms with Crippen LogP contribution in [0.3, 0.4) is 0 Å². The fourth-order valence-corrected chi connectivity index (χ4v) is 2.67. The first-order valence-electron chi connectivity index (χ1n) is 4.92. The Kier molecular flexibility index (Phi) is 3.18. The Morgan fingerprint density at radius 3 is 2.76 bits per heavy atom. The van der Waals surface area contributed by atoms with E-state index in [4.69, 9.17) is 14.3 Å². The summed E-state index contributed by atoms with van der Waals surface area (Å²) in [5.41, 5.74) is 0. The number of sulfonamides is 1. The summed E-state index contributed by atoms with van der Waals surface area (Å²) in [6.07, 6.45) is 0.589. The average molecular weight is 261 g/mol. The van der Waals surface area contributed by atoms with Crippen molar-refractivity contribution in [3.05, 3.63) is 17.9 Å². The van der Waals surface area contributed by atoms with Crippen LogP contribution in [0, 0.1) is 0 Å². The Bertz CT molecular complexity index is 513. The number of hydrogen-bond acceptors (Lipinski definition) is 5. The van der Waals surface area contributed by atoms with Crippen LogP contribution in [0.4, 0.5) is 0 Å². The first-order valence-corrected chi connectivity index (χ1v) is 6.40. The number of aromatic carboxylic acids is 1. The topological polar surface area (TPSA) is 106 Å². The zero-order valence-corrected chi connectivity index (χ0v) is 9.57. The van der Waals surface area contributed by atoms with Crippen LogP contribution in [-0.4, -0.2) is 38.7 Å². The molecule has 1 aromatic heterocycles. The lowest BCUT2D eigenvalue weighted by molar-refractivity contribution is 0.0656. The number of carboxylic acids is 1. The van der Waals surface area contributed by atoms with Crippen LogP contribution < -0.4 is 4.72 Å². The fraction of sp³-hybridized carbons (Fsp3) is 0.444. The quantitative estimate of drug-likeness (QED) is 0.793. The summed E-state index contributed by atoms with van der Waals surface area (Å²) < 4.78 is 35.7. The molecule has 0 aliphatic carbocycles. The van der Waals surface area contributed by atoms with Crippen molar-refractivity contribution < 1.29 is 27.5 Å². The fourth-order valence-electron chi connectivity index (χ4n) is 1.48. The summed E-state index contributed by atoms with van der Waals surface area (Å²) in [6, 6.07) is 1.92. The van der Waals surface area contributed by atoms with E-state index in [0.29, 0.717) is 19.6 Å². The number of hydrogen-bond donors (Lipinski definition) is 2. The predicted molar refractivity (Wildman–Crippen MR) is 55.2 cm³/mol. The maximum atomic E-state index is 11.8. The first kappa shape index (κ1) is 12.1. The van der Waals surface area contributed by atoms with Crippen LogP contribution in [0.1, 0.15) is 17.0 Å². The molecule has 1 fully saturated rings. The Labute approximate surface area is 97.4 Å². The Balaban J connectivity index is 2.15. The third-order valence-electron chi connectivity index (χ3n) is 2.31. The van der Waals surface area contributed by atoms with Gasteiger partial charge in [-0.3, -0.25) is 0 Å². The van der Waals surface area contributed by atoms with Crippen LogP contribution >= 0.6 is 0 Å². The second-order valence-corrected chi connectivity index (χ2v) is 5.25. The van der Waals surface area contributed by atoms with Gasteiger partial charge in [0.05, 0.1) is 6.61 Å². The molecular formula is C9H11NO6S. The van der Waals surface area contributed by atoms with Crippen molar-refractivity contribution in [2.75, 3.05) is 13.2 Å². The maximum absolute atomic E-state index is 11.8. The van der Waals surface area contributed by atoms with E-state index in [9.17, 15) is 13.2 Å².